The molecule has 4 rings (SSSR count). The highest BCUT2D eigenvalue weighted by Gasteiger charge is 2.53. The predicted octanol–water partition coefficient (Wildman–Crippen LogP) is 3.49. The summed E-state index contributed by atoms with van der Waals surface area (Å²) in [6.07, 6.45) is 1.05. The van der Waals surface area contributed by atoms with Gasteiger partial charge < -0.3 is 14.6 Å². The molecule has 0 bridgehead atoms. The summed E-state index contributed by atoms with van der Waals surface area (Å²) in [6.45, 7) is 5.54. The zero-order valence-electron chi connectivity index (χ0n) is 16.9. The van der Waals surface area contributed by atoms with E-state index >= 15 is 0 Å². The van der Waals surface area contributed by atoms with Crippen LogP contribution < -0.4 is 14.4 Å². The topological polar surface area (TPSA) is 44.9 Å². The fourth-order valence-electron chi connectivity index (χ4n) is 4.03. The summed E-state index contributed by atoms with van der Waals surface area (Å²) in [5, 5.41) is 13.0. The summed E-state index contributed by atoms with van der Waals surface area (Å²) in [6, 6.07) is 12.2. The van der Waals surface area contributed by atoms with E-state index in [-0.39, 0.29) is 0 Å². The Kier molecular flexibility index (Phi) is 5.02. The molecule has 5 nitrogen and oxygen atoms in total. The highest BCUT2D eigenvalue weighted by atomic mass is 32.2. The van der Waals surface area contributed by atoms with Crippen molar-refractivity contribution < 1.29 is 19.2 Å². The van der Waals surface area contributed by atoms with Crippen LogP contribution in [0.4, 0.5) is 5.69 Å². The fourth-order valence-corrected chi connectivity index (χ4v) is 5.20. The number of anilines is 1. The molecular formula is C22H27N2O3S+. The van der Waals surface area contributed by atoms with E-state index in [1.807, 2.05) is 30.0 Å². The first-order chi connectivity index (χ1) is 13.5. The second-order valence-electron chi connectivity index (χ2n) is 7.40. The Morgan fingerprint density at radius 3 is 2.61 bits per heavy atom. The molecule has 0 unspecified atom stereocenters. The summed E-state index contributed by atoms with van der Waals surface area (Å²) < 4.78 is 13.0. The SMILES string of the molecule is COc1ccc([C@]2(O)CN(c3cc(C)ccc3C)C3=[N+]2CCCS3)cc1OC. The lowest BCUT2D eigenvalue weighted by Gasteiger charge is -2.25. The normalized spacial score (nSPS) is 21.7. The predicted molar refractivity (Wildman–Crippen MR) is 114 cm³/mol. The smallest absolute Gasteiger partial charge is 0.316 e. The number of thioether (sulfide) groups is 1. The van der Waals surface area contributed by atoms with Crippen molar-refractivity contribution in [2.24, 2.45) is 0 Å². The van der Waals surface area contributed by atoms with Crippen molar-refractivity contribution in [1.82, 2.24) is 0 Å². The van der Waals surface area contributed by atoms with Crippen LogP contribution in [0.5, 0.6) is 11.5 Å². The van der Waals surface area contributed by atoms with Crippen LogP contribution >= 0.6 is 11.8 Å². The molecule has 2 aliphatic rings. The van der Waals surface area contributed by atoms with E-state index in [2.05, 4.69) is 41.5 Å². The van der Waals surface area contributed by atoms with Gasteiger partial charge in [-0.1, -0.05) is 12.1 Å². The van der Waals surface area contributed by atoms with Crippen LogP contribution in [0.2, 0.25) is 0 Å². The van der Waals surface area contributed by atoms with Gasteiger partial charge in [0.1, 0.15) is 5.69 Å². The molecule has 0 aromatic heterocycles. The Hall–Kier alpha value is -2.18. The van der Waals surface area contributed by atoms with Crippen LogP contribution in [-0.2, 0) is 5.72 Å². The first kappa shape index (κ1) is 19.2. The Labute approximate surface area is 170 Å². The molecule has 148 valence electrons. The minimum Gasteiger partial charge on any atom is -0.493 e. The van der Waals surface area contributed by atoms with Crippen LogP contribution in [0.1, 0.15) is 23.1 Å². The number of β-amino-alcohol motifs (C(OH)–C–C–N with tert-alkyl or cyclic N) is 1. The van der Waals surface area contributed by atoms with Crippen LogP contribution in [0, 0.1) is 13.8 Å². The van der Waals surface area contributed by atoms with Crippen molar-refractivity contribution in [1.29, 1.82) is 0 Å². The van der Waals surface area contributed by atoms with Crippen molar-refractivity contribution in [3.05, 3.63) is 53.1 Å². The monoisotopic (exact) mass is 399 g/mol. The maximum Gasteiger partial charge on any atom is 0.316 e. The first-order valence-electron chi connectivity index (χ1n) is 9.55. The molecule has 1 N–H and O–H groups in total. The molecule has 2 aromatic carbocycles. The number of methoxy groups -OCH3 is 2. The van der Waals surface area contributed by atoms with E-state index in [9.17, 15) is 5.11 Å². The second kappa shape index (κ2) is 7.33. The summed E-state index contributed by atoms with van der Waals surface area (Å²) in [5.74, 6) is 2.36. The van der Waals surface area contributed by atoms with Gasteiger partial charge in [0.05, 0.1) is 20.8 Å². The number of hydrogen-bond acceptors (Lipinski definition) is 5. The van der Waals surface area contributed by atoms with Gasteiger partial charge in [0.15, 0.2) is 18.0 Å². The highest BCUT2D eigenvalue weighted by Crippen LogP contribution is 2.41. The molecular weight excluding hydrogens is 372 g/mol. The van der Waals surface area contributed by atoms with Gasteiger partial charge in [-0.25, -0.2) is 9.48 Å². The molecule has 0 saturated carbocycles. The Morgan fingerprint density at radius 2 is 1.86 bits per heavy atom. The lowest BCUT2D eigenvalue weighted by atomic mass is 10.0. The van der Waals surface area contributed by atoms with E-state index in [4.69, 9.17) is 9.47 Å². The van der Waals surface area contributed by atoms with Crippen molar-refractivity contribution in [3.63, 3.8) is 0 Å². The lowest BCUT2D eigenvalue weighted by molar-refractivity contribution is -0.656. The zero-order chi connectivity index (χ0) is 19.9. The van der Waals surface area contributed by atoms with Crippen molar-refractivity contribution in [2.45, 2.75) is 26.0 Å². The molecule has 2 aromatic rings. The molecule has 0 amide bonds. The maximum atomic E-state index is 11.9. The summed E-state index contributed by atoms with van der Waals surface area (Å²) >= 11 is 1.82. The van der Waals surface area contributed by atoms with Gasteiger partial charge in [-0.3, -0.25) is 0 Å². The third-order valence-electron chi connectivity index (χ3n) is 5.55. The van der Waals surface area contributed by atoms with E-state index < -0.39 is 5.72 Å². The Bertz CT molecular complexity index is 943. The summed E-state index contributed by atoms with van der Waals surface area (Å²) in [5.41, 5.74) is 3.29. The quantitative estimate of drug-likeness (QED) is 0.798. The van der Waals surface area contributed by atoms with E-state index in [0.29, 0.717) is 18.0 Å². The van der Waals surface area contributed by atoms with Crippen molar-refractivity contribution in [3.8, 4) is 11.5 Å². The Morgan fingerprint density at radius 1 is 1.07 bits per heavy atom. The molecule has 0 spiro atoms. The molecule has 6 heteroatoms. The number of ether oxygens (including phenoxy) is 2. The van der Waals surface area contributed by atoms with E-state index in [0.717, 1.165) is 35.1 Å². The molecule has 1 atom stereocenters. The van der Waals surface area contributed by atoms with Gasteiger partial charge in [0, 0.05) is 11.3 Å². The molecule has 28 heavy (non-hydrogen) atoms. The molecule has 0 radical (unpaired) electrons. The maximum absolute atomic E-state index is 11.9. The van der Waals surface area contributed by atoms with Crippen molar-refractivity contribution >= 4 is 22.6 Å². The number of aryl methyl sites for hydroxylation is 2. The third kappa shape index (κ3) is 3.05. The minimum absolute atomic E-state index is 0.481. The number of benzene rings is 2. The number of nitrogens with zero attached hydrogens (tertiary/aromatic N) is 2. The second-order valence-corrected chi connectivity index (χ2v) is 8.46. The van der Waals surface area contributed by atoms with Crippen LogP contribution in [0.25, 0.3) is 0 Å². The van der Waals surface area contributed by atoms with E-state index in [1.165, 1.54) is 11.1 Å². The minimum atomic E-state index is -1.11. The average molecular weight is 400 g/mol. The van der Waals surface area contributed by atoms with Gasteiger partial charge >= 0.3 is 5.17 Å². The highest BCUT2D eigenvalue weighted by molar-refractivity contribution is 8.13. The largest absolute Gasteiger partial charge is 0.493 e. The summed E-state index contributed by atoms with van der Waals surface area (Å²) in [7, 11) is 3.24. The number of aliphatic hydroxyl groups is 1. The van der Waals surface area contributed by atoms with Gasteiger partial charge in [-0.2, -0.15) is 0 Å². The molecule has 0 fully saturated rings. The molecule has 0 aliphatic carbocycles. The number of amidine groups is 1. The van der Waals surface area contributed by atoms with Crippen LogP contribution in [0.15, 0.2) is 36.4 Å². The summed E-state index contributed by atoms with van der Waals surface area (Å²) in [4.78, 5) is 2.27. The number of rotatable bonds is 4. The lowest BCUT2D eigenvalue weighted by Crippen LogP contribution is -2.41. The molecule has 0 saturated heterocycles. The van der Waals surface area contributed by atoms with Gasteiger partial charge in [-0.15, -0.1) is 0 Å². The van der Waals surface area contributed by atoms with Gasteiger partial charge in [0.25, 0.3) is 5.72 Å². The van der Waals surface area contributed by atoms with E-state index in [1.54, 1.807) is 14.2 Å². The molecule has 2 heterocycles. The fraction of sp³-hybridized carbons (Fsp3) is 0.409. The third-order valence-corrected chi connectivity index (χ3v) is 6.74. The standard InChI is InChI=1S/C22H27N2O3S/c1-15-6-7-16(2)18(12-15)23-14-22(25,24-10-5-11-28-21(23)24)17-8-9-19(26-3)20(13-17)27-4/h6-9,12-13,25H,5,10-11,14H2,1-4H3/q+1/t22-/m1/s1. The van der Waals surface area contributed by atoms with Crippen LogP contribution in [-0.4, -0.2) is 47.9 Å². The average Bonchev–Trinajstić information content (AvgIpc) is 3.03. The van der Waals surface area contributed by atoms with Gasteiger partial charge in [-0.05, 0) is 67.4 Å². The zero-order valence-corrected chi connectivity index (χ0v) is 17.7. The molecule has 2 aliphatic heterocycles. The first-order valence-corrected chi connectivity index (χ1v) is 10.5. The van der Waals surface area contributed by atoms with Crippen molar-refractivity contribution in [2.75, 3.05) is 38.0 Å². The van der Waals surface area contributed by atoms with Gasteiger partial charge in [0.2, 0.25) is 0 Å². The Balaban J connectivity index is 1.82. The van der Waals surface area contributed by atoms with Crippen LogP contribution in [0.3, 0.4) is 0 Å². The number of hydrogen-bond donors (Lipinski definition) is 1.